The molecular weight excluding hydrogens is 380 g/mol. The van der Waals surface area contributed by atoms with Gasteiger partial charge in [-0.05, 0) is 48.9 Å². The van der Waals surface area contributed by atoms with Gasteiger partial charge in [-0.15, -0.1) is 5.10 Å². The van der Waals surface area contributed by atoms with Crippen LogP contribution in [0.3, 0.4) is 0 Å². The summed E-state index contributed by atoms with van der Waals surface area (Å²) in [4.78, 5) is 12.0. The molecule has 0 radical (unpaired) electrons. The summed E-state index contributed by atoms with van der Waals surface area (Å²) in [5.41, 5.74) is 7.65. The number of nitrogens with one attached hydrogen (secondary N) is 1. The monoisotopic (exact) mass is 400 g/mol. The van der Waals surface area contributed by atoms with Gasteiger partial charge in [-0.3, -0.25) is 4.79 Å². The molecule has 1 unspecified atom stereocenters. The third-order valence-corrected chi connectivity index (χ3v) is 5.29. The maximum absolute atomic E-state index is 11.8. The number of nitrogens with two attached hydrogens (primary N) is 1. The first-order valence-corrected chi connectivity index (χ1v) is 10.3. The molecule has 0 aliphatic heterocycles. The van der Waals surface area contributed by atoms with E-state index in [0.717, 1.165) is 11.8 Å². The molecule has 146 valence electrons. The molecule has 1 amide bonds. The summed E-state index contributed by atoms with van der Waals surface area (Å²) >= 11 is 0. The SMILES string of the molecule is CC(O)c1ccc(-n2cc(C(N)=O)c(Nc3ccc(S(C)(=O)=O)cc3)n2)cc1. The third-order valence-electron chi connectivity index (χ3n) is 4.16. The zero-order valence-electron chi connectivity index (χ0n) is 15.3. The van der Waals surface area contributed by atoms with Crippen LogP contribution in [-0.2, 0) is 9.84 Å². The van der Waals surface area contributed by atoms with E-state index in [4.69, 9.17) is 5.73 Å². The molecule has 8 nitrogen and oxygen atoms in total. The maximum atomic E-state index is 11.8. The maximum Gasteiger partial charge on any atom is 0.254 e. The summed E-state index contributed by atoms with van der Waals surface area (Å²) in [6.07, 6.45) is 2.05. The van der Waals surface area contributed by atoms with Crippen molar-refractivity contribution in [1.82, 2.24) is 9.78 Å². The van der Waals surface area contributed by atoms with Gasteiger partial charge in [-0.1, -0.05) is 12.1 Å². The van der Waals surface area contributed by atoms with E-state index in [0.29, 0.717) is 11.4 Å². The summed E-state index contributed by atoms with van der Waals surface area (Å²) < 4.78 is 24.6. The Balaban J connectivity index is 1.92. The fourth-order valence-electron chi connectivity index (χ4n) is 2.61. The Hall–Kier alpha value is -3.17. The van der Waals surface area contributed by atoms with Gasteiger partial charge in [0, 0.05) is 18.1 Å². The average Bonchev–Trinajstić information content (AvgIpc) is 3.05. The number of nitrogens with zero attached hydrogens (tertiary/aromatic N) is 2. The molecule has 9 heteroatoms. The van der Waals surface area contributed by atoms with Gasteiger partial charge in [0.05, 0.1) is 16.7 Å². The molecule has 0 spiro atoms. The molecule has 1 atom stereocenters. The van der Waals surface area contributed by atoms with Gasteiger partial charge in [0.25, 0.3) is 5.91 Å². The Morgan fingerprint density at radius 1 is 1.14 bits per heavy atom. The molecule has 1 aromatic heterocycles. The second kappa shape index (κ2) is 7.45. The van der Waals surface area contributed by atoms with Crippen molar-refractivity contribution < 1.29 is 18.3 Å². The van der Waals surface area contributed by atoms with Crippen molar-refractivity contribution in [3.05, 3.63) is 65.9 Å². The van der Waals surface area contributed by atoms with Crippen molar-refractivity contribution in [2.75, 3.05) is 11.6 Å². The predicted molar refractivity (Wildman–Crippen MR) is 106 cm³/mol. The topological polar surface area (TPSA) is 127 Å². The lowest BCUT2D eigenvalue weighted by Crippen LogP contribution is -2.12. The van der Waals surface area contributed by atoms with Gasteiger partial charge in [0.1, 0.15) is 5.56 Å². The lowest BCUT2D eigenvalue weighted by molar-refractivity contribution is 0.100. The highest BCUT2D eigenvalue weighted by Crippen LogP contribution is 2.23. The summed E-state index contributed by atoms with van der Waals surface area (Å²) in [6, 6.07) is 13.2. The molecule has 1 heterocycles. The van der Waals surface area contributed by atoms with Gasteiger partial charge in [-0.2, -0.15) is 0 Å². The van der Waals surface area contributed by atoms with E-state index in [9.17, 15) is 18.3 Å². The Morgan fingerprint density at radius 3 is 2.25 bits per heavy atom. The smallest absolute Gasteiger partial charge is 0.254 e. The Labute approximate surface area is 162 Å². The molecule has 0 aliphatic rings. The van der Waals surface area contributed by atoms with Crippen molar-refractivity contribution in [3.63, 3.8) is 0 Å². The van der Waals surface area contributed by atoms with Crippen LogP contribution in [0.4, 0.5) is 11.5 Å². The van der Waals surface area contributed by atoms with Crippen molar-refractivity contribution >= 4 is 27.2 Å². The van der Waals surface area contributed by atoms with E-state index < -0.39 is 21.8 Å². The molecule has 0 fully saturated rings. The standard InChI is InChI=1S/C19H20N4O4S/c1-12(24)13-3-7-15(8-4-13)23-11-17(18(20)25)19(22-23)21-14-5-9-16(10-6-14)28(2,26)27/h3-12,24H,1-2H3,(H2,20,25)(H,21,22). The van der Waals surface area contributed by atoms with Gasteiger partial charge in [0.2, 0.25) is 0 Å². The van der Waals surface area contributed by atoms with Gasteiger partial charge in [-0.25, -0.2) is 13.1 Å². The molecule has 3 aromatic rings. The van der Waals surface area contributed by atoms with Gasteiger partial charge in [0.15, 0.2) is 15.7 Å². The van der Waals surface area contributed by atoms with E-state index in [1.807, 2.05) is 0 Å². The van der Waals surface area contributed by atoms with Crippen LogP contribution in [0.5, 0.6) is 0 Å². The van der Waals surface area contributed by atoms with Crippen LogP contribution in [0.1, 0.15) is 28.9 Å². The minimum absolute atomic E-state index is 0.187. The number of hydrogen-bond acceptors (Lipinski definition) is 6. The third kappa shape index (κ3) is 4.21. The lowest BCUT2D eigenvalue weighted by Gasteiger charge is -2.07. The van der Waals surface area contributed by atoms with E-state index in [-0.39, 0.29) is 16.3 Å². The minimum atomic E-state index is -3.30. The molecule has 0 saturated carbocycles. The first-order valence-electron chi connectivity index (χ1n) is 8.40. The number of aliphatic hydroxyl groups excluding tert-OH is 1. The van der Waals surface area contributed by atoms with Crippen molar-refractivity contribution in [2.45, 2.75) is 17.9 Å². The number of hydrogen-bond donors (Lipinski definition) is 3. The quantitative estimate of drug-likeness (QED) is 0.582. The molecule has 0 aliphatic carbocycles. The van der Waals surface area contributed by atoms with Crippen LogP contribution in [0.15, 0.2) is 59.6 Å². The number of primary amides is 1. The summed E-state index contributed by atoms with van der Waals surface area (Å²) in [5, 5.41) is 17.0. The van der Waals surface area contributed by atoms with E-state index in [2.05, 4.69) is 10.4 Å². The van der Waals surface area contributed by atoms with Crippen molar-refractivity contribution in [3.8, 4) is 5.69 Å². The van der Waals surface area contributed by atoms with Crippen LogP contribution in [0, 0.1) is 0 Å². The molecule has 0 saturated heterocycles. The highest BCUT2D eigenvalue weighted by atomic mass is 32.2. The number of carbonyl (C=O) groups is 1. The van der Waals surface area contributed by atoms with E-state index in [1.165, 1.54) is 23.0 Å². The van der Waals surface area contributed by atoms with Crippen molar-refractivity contribution in [2.24, 2.45) is 5.73 Å². The normalized spacial score (nSPS) is 12.5. The number of rotatable bonds is 6. The second-order valence-corrected chi connectivity index (χ2v) is 8.40. The first kappa shape index (κ1) is 19.6. The molecule has 4 N–H and O–H groups in total. The number of amides is 1. The van der Waals surface area contributed by atoms with E-state index in [1.54, 1.807) is 43.3 Å². The van der Waals surface area contributed by atoms with Crippen LogP contribution >= 0.6 is 0 Å². The average molecular weight is 400 g/mol. The Bertz CT molecular complexity index is 1100. The molecule has 0 bridgehead atoms. The molecule has 3 rings (SSSR count). The number of aromatic nitrogens is 2. The molecule has 28 heavy (non-hydrogen) atoms. The van der Waals surface area contributed by atoms with Crippen LogP contribution in [-0.4, -0.2) is 35.5 Å². The number of benzene rings is 2. The Kier molecular flexibility index (Phi) is 5.21. The zero-order chi connectivity index (χ0) is 20.5. The highest BCUT2D eigenvalue weighted by Gasteiger charge is 2.16. The lowest BCUT2D eigenvalue weighted by atomic mass is 10.1. The number of carbonyl (C=O) groups excluding carboxylic acids is 1. The summed E-state index contributed by atoms with van der Waals surface area (Å²) in [6.45, 7) is 1.67. The number of aliphatic hydroxyl groups is 1. The largest absolute Gasteiger partial charge is 0.389 e. The van der Waals surface area contributed by atoms with Crippen LogP contribution in [0.25, 0.3) is 5.69 Å². The summed E-state index contributed by atoms with van der Waals surface area (Å²) in [7, 11) is -3.30. The summed E-state index contributed by atoms with van der Waals surface area (Å²) in [5.74, 6) is -0.402. The molecule has 2 aromatic carbocycles. The minimum Gasteiger partial charge on any atom is -0.389 e. The fourth-order valence-corrected chi connectivity index (χ4v) is 3.24. The van der Waals surface area contributed by atoms with Gasteiger partial charge < -0.3 is 16.2 Å². The van der Waals surface area contributed by atoms with Crippen molar-refractivity contribution in [1.29, 1.82) is 0 Å². The highest BCUT2D eigenvalue weighted by molar-refractivity contribution is 7.90. The van der Waals surface area contributed by atoms with Crippen LogP contribution < -0.4 is 11.1 Å². The Morgan fingerprint density at radius 2 is 1.75 bits per heavy atom. The van der Waals surface area contributed by atoms with Crippen LogP contribution in [0.2, 0.25) is 0 Å². The number of anilines is 2. The van der Waals surface area contributed by atoms with Gasteiger partial charge >= 0.3 is 0 Å². The number of sulfone groups is 1. The fraction of sp³-hybridized carbons (Fsp3) is 0.158. The predicted octanol–water partition coefficient (Wildman–Crippen LogP) is 2.17. The molecular formula is C19H20N4O4S. The van der Waals surface area contributed by atoms with E-state index >= 15 is 0 Å². The zero-order valence-corrected chi connectivity index (χ0v) is 16.1. The first-order chi connectivity index (χ1) is 13.1. The second-order valence-electron chi connectivity index (χ2n) is 6.39.